The first-order valence-corrected chi connectivity index (χ1v) is 11.5. The lowest BCUT2D eigenvalue weighted by atomic mass is 9.79. The van der Waals surface area contributed by atoms with Gasteiger partial charge in [0.1, 0.15) is 5.75 Å². The highest BCUT2D eigenvalue weighted by molar-refractivity contribution is 5.81. The van der Waals surface area contributed by atoms with E-state index >= 15 is 0 Å². The van der Waals surface area contributed by atoms with E-state index in [0.717, 1.165) is 34.8 Å². The number of nitrogens with one attached hydrogen (secondary N) is 1. The molecule has 0 spiro atoms. The summed E-state index contributed by atoms with van der Waals surface area (Å²) in [6.07, 6.45) is 2.28. The molecule has 0 saturated carbocycles. The first-order valence-electron chi connectivity index (χ1n) is 11.5. The molecule has 1 aromatic heterocycles. The molecular formula is C27H39N3O. The largest absolute Gasteiger partial charge is 0.497 e. The molecule has 4 heteroatoms. The molecular weight excluding hydrogens is 382 g/mol. The number of nitrogens with zero attached hydrogens (tertiary/aromatic N) is 2. The van der Waals surface area contributed by atoms with E-state index < -0.39 is 0 Å². The summed E-state index contributed by atoms with van der Waals surface area (Å²) in [5.74, 6) is 2.94. The van der Waals surface area contributed by atoms with Crippen LogP contribution in [0, 0.1) is 11.3 Å². The minimum absolute atomic E-state index is 0.249. The van der Waals surface area contributed by atoms with Gasteiger partial charge in [0.05, 0.1) is 18.1 Å². The first-order chi connectivity index (χ1) is 14.6. The van der Waals surface area contributed by atoms with Gasteiger partial charge in [-0.25, -0.2) is 4.98 Å². The summed E-state index contributed by atoms with van der Waals surface area (Å²) in [7, 11) is 1.71. The summed E-state index contributed by atoms with van der Waals surface area (Å²) in [6.45, 7) is 16.1. The van der Waals surface area contributed by atoms with Crippen LogP contribution in [0.3, 0.4) is 0 Å². The molecule has 0 saturated heterocycles. The van der Waals surface area contributed by atoms with E-state index in [1.54, 1.807) is 7.11 Å². The number of anilines is 2. The summed E-state index contributed by atoms with van der Waals surface area (Å²) in [6, 6.07) is 15.1. The number of benzene rings is 2. The van der Waals surface area contributed by atoms with E-state index in [9.17, 15) is 0 Å². The monoisotopic (exact) mass is 421 g/mol. The summed E-state index contributed by atoms with van der Waals surface area (Å²) in [5, 5.41) is 3.58. The third-order valence-electron chi connectivity index (χ3n) is 5.98. The Morgan fingerprint density at radius 2 is 1.65 bits per heavy atom. The zero-order chi connectivity index (χ0) is 22.8. The highest BCUT2D eigenvalue weighted by atomic mass is 16.5. The molecule has 0 aliphatic carbocycles. The number of hydrogen-bond acceptors (Lipinski definition) is 3. The Morgan fingerprint density at radius 3 is 2.23 bits per heavy atom. The maximum absolute atomic E-state index is 5.51. The predicted molar refractivity (Wildman–Crippen MR) is 133 cm³/mol. The molecule has 1 atom stereocenters. The smallest absolute Gasteiger partial charge is 0.208 e. The van der Waals surface area contributed by atoms with Gasteiger partial charge >= 0.3 is 0 Å². The molecule has 1 N–H and O–H groups in total. The molecule has 4 nitrogen and oxygen atoms in total. The number of fused-ring (bicyclic) bond motifs is 1. The third kappa shape index (κ3) is 5.61. The Morgan fingerprint density at radius 1 is 0.968 bits per heavy atom. The van der Waals surface area contributed by atoms with Crippen molar-refractivity contribution in [2.75, 3.05) is 12.4 Å². The van der Waals surface area contributed by atoms with Gasteiger partial charge in [-0.2, -0.15) is 0 Å². The number of hydrogen-bond donors (Lipinski definition) is 1. The molecule has 0 aliphatic rings. The fraction of sp³-hybridized carbons (Fsp3) is 0.519. The number of imidazole rings is 1. The highest BCUT2D eigenvalue weighted by Gasteiger charge is 2.26. The van der Waals surface area contributed by atoms with Gasteiger partial charge in [-0.05, 0) is 66.8 Å². The Balaban J connectivity index is 2.00. The van der Waals surface area contributed by atoms with Crippen molar-refractivity contribution >= 4 is 22.7 Å². The van der Waals surface area contributed by atoms with Crippen molar-refractivity contribution in [3.8, 4) is 5.75 Å². The predicted octanol–water partition coefficient (Wildman–Crippen LogP) is 7.94. The lowest BCUT2D eigenvalue weighted by molar-refractivity contribution is 0.230. The SMILES string of the molecule is COc1ccc2nc(Nc3ccc(C(C)C)cc3)n(C(C)CC(C)(C)CC(C)C)c2c1. The Kier molecular flexibility index (Phi) is 6.98. The van der Waals surface area contributed by atoms with Crippen molar-refractivity contribution < 1.29 is 4.74 Å². The van der Waals surface area contributed by atoms with Crippen LogP contribution in [0.15, 0.2) is 42.5 Å². The van der Waals surface area contributed by atoms with E-state index in [0.29, 0.717) is 17.9 Å². The molecule has 0 aliphatic heterocycles. The van der Waals surface area contributed by atoms with Crippen LogP contribution in [0.1, 0.15) is 78.8 Å². The lowest BCUT2D eigenvalue weighted by Gasteiger charge is -2.31. The average Bonchev–Trinajstić information content (AvgIpc) is 3.03. The number of methoxy groups -OCH3 is 1. The second-order valence-corrected chi connectivity index (χ2v) is 10.4. The van der Waals surface area contributed by atoms with Crippen LogP contribution in [0.25, 0.3) is 11.0 Å². The van der Waals surface area contributed by atoms with Crippen molar-refractivity contribution in [3.05, 3.63) is 48.0 Å². The van der Waals surface area contributed by atoms with Gasteiger partial charge in [0.25, 0.3) is 0 Å². The summed E-state index contributed by atoms with van der Waals surface area (Å²) < 4.78 is 7.86. The first kappa shape index (κ1) is 23.2. The summed E-state index contributed by atoms with van der Waals surface area (Å²) >= 11 is 0. The highest BCUT2D eigenvalue weighted by Crippen LogP contribution is 2.38. The van der Waals surface area contributed by atoms with Crippen LogP contribution in [0.4, 0.5) is 11.6 Å². The standard InChI is InChI=1S/C27H39N3O/c1-18(2)16-27(6,7)17-20(5)30-25-15-23(31-8)13-14-24(25)29-26(30)28-22-11-9-21(10-12-22)19(3)4/h9-15,18-20H,16-17H2,1-8H3,(H,28,29). The van der Waals surface area contributed by atoms with Gasteiger partial charge in [-0.1, -0.05) is 53.7 Å². The van der Waals surface area contributed by atoms with E-state index in [4.69, 9.17) is 9.72 Å². The van der Waals surface area contributed by atoms with Crippen molar-refractivity contribution in [2.24, 2.45) is 11.3 Å². The second kappa shape index (κ2) is 9.33. The van der Waals surface area contributed by atoms with Crippen molar-refractivity contribution in [1.82, 2.24) is 9.55 Å². The number of aromatic nitrogens is 2. The van der Waals surface area contributed by atoms with Crippen LogP contribution in [-0.2, 0) is 0 Å². The average molecular weight is 422 g/mol. The molecule has 1 heterocycles. The van der Waals surface area contributed by atoms with Gasteiger partial charge in [-0.3, -0.25) is 0 Å². The van der Waals surface area contributed by atoms with Gasteiger partial charge in [0.2, 0.25) is 5.95 Å². The molecule has 0 amide bonds. The minimum atomic E-state index is 0.249. The van der Waals surface area contributed by atoms with Crippen LogP contribution in [-0.4, -0.2) is 16.7 Å². The minimum Gasteiger partial charge on any atom is -0.497 e. The Hall–Kier alpha value is -2.49. The normalized spacial score (nSPS) is 13.2. The topological polar surface area (TPSA) is 39.1 Å². The van der Waals surface area contributed by atoms with Crippen LogP contribution in [0.2, 0.25) is 0 Å². The Bertz CT molecular complexity index is 999. The molecule has 3 aromatic rings. The van der Waals surface area contributed by atoms with Crippen molar-refractivity contribution in [3.63, 3.8) is 0 Å². The number of ether oxygens (including phenoxy) is 1. The molecule has 31 heavy (non-hydrogen) atoms. The van der Waals surface area contributed by atoms with Crippen LogP contribution in [0.5, 0.6) is 5.75 Å². The Labute approximate surface area is 188 Å². The van der Waals surface area contributed by atoms with Crippen molar-refractivity contribution in [1.29, 1.82) is 0 Å². The fourth-order valence-electron chi connectivity index (χ4n) is 4.89. The number of rotatable bonds is 9. The van der Waals surface area contributed by atoms with E-state index in [1.165, 1.54) is 12.0 Å². The maximum atomic E-state index is 5.51. The maximum Gasteiger partial charge on any atom is 0.208 e. The summed E-state index contributed by atoms with van der Waals surface area (Å²) in [5.41, 5.74) is 4.73. The van der Waals surface area contributed by atoms with Crippen molar-refractivity contribution in [2.45, 2.75) is 73.3 Å². The van der Waals surface area contributed by atoms with E-state index in [1.807, 2.05) is 12.1 Å². The summed E-state index contributed by atoms with van der Waals surface area (Å²) in [4.78, 5) is 4.95. The fourth-order valence-corrected chi connectivity index (χ4v) is 4.89. The zero-order valence-electron chi connectivity index (χ0n) is 20.5. The molecule has 168 valence electrons. The van der Waals surface area contributed by atoms with Gasteiger partial charge in [0.15, 0.2) is 0 Å². The second-order valence-electron chi connectivity index (χ2n) is 10.4. The van der Waals surface area contributed by atoms with Gasteiger partial charge < -0.3 is 14.6 Å². The quantitative estimate of drug-likeness (QED) is 0.381. The van der Waals surface area contributed by atoms with Gasteiger partial charge in [0, 0.05) is 17.8 Å². The van der Waals surface area contributed by atoms with Crippen LogP contribution < -0.4 is 10.1 Å². The molecule has 1 unspecified atom stereocenters. The lowest BCUT2D eigenvalue weighted by Crippen LogP contribution is -2.21. The van der Waals surface area contributed by atoms with Crippen LogP contribution >= 0.6 is 0 Å². The third-order valence-corrected chi connectivity index (χ3v) is 5.98. The van der Waals surface area contributed by atoms with E-state index in [-0.39, 0.29) is 5.41 Å². The van der Waals surface area contributed by atoms with E-state index in [2.05, 4.69) is 88.7 Å². The van der Waals surface area contributed by atoms with Gasteiger partial charge in [-0.15, -0.1) is 0 Å². The zero-order valence-corrected chi connectivity index (χ0v) is 20.5. The molecule has 3 rings (SSSR count). The molecule has 0 bridgehead atoms. The molecule has 0 fully saturated rings. The molecule has 2 aromatic carbocycles. The molecule has 0 radical (unpaired) electrons.